The zero-order valence-corrected chi connectivity index (χ0v) is 11.0. The molecule has 0 radical (unpaired) electrons. The van der Waals surface area contributed by atoms with E-state index in [0.29, 0.717) is 12.2 Å². The molecule has 2 N–H and O–H groups in total. The summed E-state index contributed by atoms with van der Waals surface area (Å²) in [6.07, 6.45) is 1.87. The second-order valence-electron chi connectivity index (χ2n) is 4.32. The highest BCUT2D eigenvalue weighted by Gasteiger charge is 2.16. The molecule has 1 aromatic carbocycles. The summed E-state index contributed by atoms with van der Waals surface area (Å²) in [4.78, 5) is 17.8. The number of nitrogens with zero attached hydrogens (tertiary/aromatic N) is 2. The van der Waals surface area contributed by atoms with Crippen molar-refractivity contribution in [2.75, 3.05) is 11.4 Å². The van der Waals surface area contributed by atoms with Crippen LogP contribution >= 0.6 is 0 Å². The Balaban J connectivity index is 2.27. The maximum absolute atomic E-state index is 13.3. The van der Waals surface area contributed by atoms with Gasteiger partial charge in [0.25, 0.3) is 0 Å². The third kappa shape index (κ3) is 3.61. The summed E-state index contributed by atoms with van der Waals surface area (Å²) in [5, 5.41) is 0. The van der Waals surface area contributed by atoms with Crippen molar-refractivity contribution in [1.29, 1.82) is 0 Å². The first kappa shape index (κ1) is 14.1. The summed E-state index contributed by atoms with van der Waals surface area (Å²) in [5.41, 5.74) is 6.68. The van der Waals surface area contributed by atoms with Gasteiger partial charge >= 0.3 is 0 Å². The summed E-state index contributed by atoms with van der Waals surface area (Å²) in [6, 6.07) is 11.4. The number of rotatable bonds is 5. The Morgan fingerprint density at radius 1 is 1.25 bits per heavy atom. The number of hydrogen-bond acceptors (Lipinski definition) is 3. The molecule has 0 atom stereocenters. The van der Waals surface area contributed by atoms with Crippen LogP contribution in [0.3, 0.4) is 0 Å². The molecule has 2 aromatic rings. The molecule has 0 fully saturated rings. The van der Waals surface area contributed by atoms with Crippen LogP contribution in [-0.4, -0.2) is 17.4 Å². The number of benzene rings is 1. The highest BCUT2D eigenvalue weighted by molar-refractivity contribution is 5.93. The van der Waals surface area contributed by atoms with Crippen molar-refractivity contribution in [3.63, 3.8) is 0 Å². The maximum atomic E-state index is 13.3. The first-order valence-electron chi connectivity index (χ1n) is 6.36. The average molecular weight is 273 g/mol. The van der Waals surface area contributed by atoms with E-state index < -0.39 is 0 Å². The van der Waals surface area contributed by atoms with E-state index in [9.17, 15) is 9.18 Å². The fourth-order valence-electron chi connectivity index (χ4n) is 1.88. The van der Waals surface area contributed by atoms with E-state index in [1.807, 2.05) is 12.1 Å². The second kappa shape index (κ2) is 6.77. The molecule has 1 amide bonds. The van der Waals surface area contributed by atoms with Crippen molar-refractivity contribution >= 4 is 11.6 Å². The number of carbonyl (C=O) groups is 1. The summed E-state index contributed by atoms with van der Waals surface area (Å²) >= 11 is 0. The van der Waals surface area contributed by atoms with Crippen LogP contribution in [0.5, 0.6) is 0 Å². The predicted octanol–water partition coefficient (Wildman–Crippen LogP) is 2.10. The van der Waals surface area contributed by atoms with Gasteiger partial charge in [-0.05, 0) is 30.3 Å². The number of carbonyl (C=O) groups excluding carboxylic acids is 1. The molecule has 0 aliphatic rings. The Morgan fingerprint density at radius 2 is 2.10 bits per heavy atom. The predicted molar refractivity (Wildman–Crippen MR) is 75.5 cm³/mol. The minimum Gasteiger partial charge on any atom is -0.330 e. The van der Waals surface area contributed by atoms with Gasteiger partial charge in [0.15, 0.2) is 0 Å². The maximum Gasteiger partial charge on any atom is 0.228 e. The van der Waals surface area contributed by atoms with Gasteiger partial charge < -0.3 is 10.6 Å². The van der Waals surface area contributed by atoms with E-state index in [1.165, 1.54) is 17.0 Å². The van der Waals surface area contributed by atoms with E-state index in [1.54, 1.807) is 24.4 Å². The minimum absolute atomic E-state index is 0.149. The van der Waals surface area contributed by atoms with Crippen LogP contribution in [0.15, 0.2) is 48.7 Å². The Kier molecular flexibility index (Phi) is 4.79. The van der Waals surface area contributed by atoms with Gasteiger partial charge in [-0.2, -0.15) is 0 Å². The molecule has 2 rings (SSSR count). The Bertz CT molecular complexity index is 574. The van der Waals surface area contributed by atoms with E-state index >= 15 is 0 Å². The lowest BCUT2D eigenvalue weighted by Crippen LogP contribution is -2.32. The number of amides is 1. The van der Waals surface area contributed by atoms with Crippen LogP contribution in [0.4, 0.5) is 10.1 Å². The van der Waals surface area contributed by atoms with Gasteiger partial charge in [0, 0.05) is 24.8 Å². The van der Waals surface area contributed by atoms with Crippen LogP contribution in [0.1, 0.15) is 12.1 Å². The lowest BCUT2D eigenvalue weighted by molar-refractivity contribution is -0.118. The first-order valence-corrected chi connectivity index (χ1v) is 6.36. The quantitative estimate of drug-likeness (QED) is 0.907. The number of pyridine rings is 1. The van der Waals surface area contributed by atoms with Crippen LogP contribution in [0, 0.1) is 5.82 Å². The van der Waals surface area contributed by atoms with Crippen LogP contribution in [-0.2, 0) is 11.3 Å². The van der Waals surface area contributed by atoms with Crippen LogP contribution < -0.4 is 10.6 Å². The zero-order chi connectivity index (χ0) is 14.4. The van der Waals surface area contributed by atoms with Gasteiger partial charge in [-0.15, -0.1) is 0 Å². The Morgan fingerprint density at radius 3 is 2.75 bits per heavy atom. The third-order valence-corrected chi connectivity index (χ3v) is 2.83. The molecule has 4 nitrogen and oxygen atoms in total. The molecule has 104 valence electrons. The summed E-state index contributed by atoms with van der Waals surface area (Å²) in [5.74, 6) is -0.530. The number of nitrogens with two attached hydrogens (primary N) is 1. The smallest absolute Gasteiger partial charge is 0.228 e. The van der Waals surface area contributed by atoms with E-state index in [0.717, 1.165) is 5.69 Å². The standard InChI is InChI=1S/C15H16FN3O/c16-12-4-3-6-14(10-12)19(15(20)7-8-17)11-13-5-1-2-9-18-13/h1-6,9-10H,7-8,11,17H2. The van der Waals surface area contributed by atoms with Crippen molar-refractivity contribution in [2.24, 2.45) is 5.73 Å². The number of hydrogen-bond donors (Lipinski definition) is 1. The molecule has 0 saturated heterocycles. The molecule has 0 aliphatic heterocycles. The molecular weight excluding hydrogens is 257 g/mol. The largest absolute Gasteiger partial charge is 0.330 e. The van der Waals surface area contributed by atoms with Crippen LogP contribution in [0.25, 0.3) is 0 Å². The Hall–Kier alpha value is -2.27. The van der Waals surface area contributed by atoms with Gasteiger partial charge in [0.1, 0.15) is 5.82 Å². The second-order valence-corrected chi connectivity index (χ2v) is 4.32. The van der Waals surface area contributed by atoms with Crippen molar-refractivity contribution in [2.45, 2.75) is 13.0 Å². The normalized spacial score (nSPS) is 10.3. The molecule has 20 heavy (non-hydrogen) atoms. The zero-order valence-electron chi connectivity index (χ0n) is 11.0. The van der Waals surface area contributed by atoms with E-state index in [4.69, 9.17) is 5.73 Å². The average Bonchev–Trinajstić information content (AvgIpc) is 2.46. The highest BCUT2D eigenvalue weighted by Crippen LogP contribution is 2.18. The molecule has 0 spiro atoms. The number of halogens is 1. The monoisotopic (exact) mass is 273 g/mol. The van der Waals surface area contributed by atoms with Gasteiger partial charge in [-0.3, -0.25) is 9.78 Å². The molecule has 0 bridgehead atoms. The fraction of sp³-hybridized carbons (Fsp3) is 0.200. The minimum atomic E-state index is -0.380. The lowest BCUT2D eigenvalue weighted by Gasteiger charge is -2.22. The molecule has 1 aromatic heterocycles. The molecular formula is C15H16FN3O. The van der Waals surface area contributed by atoms with E-state index in [2.05, 4.69) is 4.98 Å². The summed E-state index contributed by atoms with van der Waals surface area (Å²) in [7, 11) is 0. The molecule has 0 aliphatic carbocycles. The first-order chi connectivity index (χ1) is 9.70. The fourth-order valence-corrected chi connectivity index (χ4v) is 1.88. The number of aromatic nitrogens is 1. The topological polar surface area (TPSA) is 59.2 Å². The summed E-state index contributed by atoms with van der Waals surface area (Å²) in [6.45, 7) is 0.552. The molecule has 0 unspecified atom stereocenters. The number of anilines is 1. The highest BCUT2D eigenvalue weighted by atomic mass is 19.1. The van der Waals surface area contributed by atoms with Crippen molar-refractivity contribution in [1.82, 2.24) is 4.98 Å². The van der Waals surface area contributed by atoms with Crippen molar-refractivity contribution in [3.05, 3.63) is 60.2 Å². The Labute approximate surface area is 117 Å². The van der Waals surface area contributed by atoms with Gasteiger partial charge in [0.05, 0.1) is 12.2 Å². The van der Waals surface area contributed by atoms with E-state index in [-0.39, 0.29) is 24.7 Å². The molecule has 1 heterocycles. The van der Waals surface area contributed by atoms with Crippen LogP contribution in [0.2, 0.25) is 0 Å². The molecule has 0 saturated carbocycles. The molecule has 5 heteroatoms. The SMILES string of the molecule is NCCC(=O)N(Cc1ccccn1)c1cccc(F)c1. The lowest BCUT2D eigenvalue weighted by atomic mass is 10.2. The van der Waals surface area contributed by atoms with Crippen molar-refractivity contribution < 1.29 is 9.18 Å². The van der Waals surface area contributed by atoms with Gasteiger partial charge in [-0.1, -0.05) is 12.1 Å². The van der Waals surface area contributed by atoms with Gasteiger partial charge in [-0.25, -0.2) is 4.39 Å². The third-order valence-electron chi connectivity index (χ3n) is 2.83. The van der Waals surface area contributed by atoms with Crippen molar-refractivity contribution in [3.8, 4) is 0 Å². The van der Waals surface area contributed by atoms with Gasteiger partial charge in [0.2, 0.25) is 5.91 Å². The summed E-state index contributed by atoms with van der Waals surface area (Å²) < 4.78 is 13.3.